The number of oxazole rings is 1. The summed E-state index contributed by atoms with van der Waals surface area (Å²) in [6, 6.07) is 1.83. The van der Waals surface area contributed by atoms with E-state index in [0.717, 1.165) is 30.1 Å². The zero-order valence-electron chi connectivity index (χ0n) is 13.4. The molecule has 1 saturated heterocycles. The van der Waals surface area contributed by atoms with E-state index < -0.39 is 0 Å². The summed E-state index contributed by atoms with van der Waals surface area (Å²) in [6.07, 6.45) is 2.99. The van der Waals surface area contributed by atoms with Gasteiger partial charge >= 0.3 is 6.09 Å². The van der Waals surface area contributed by atoms with E-state index in [1.165, 1.54) is 0 Å². The first-order valence-electron chi connectivity index (χ1n) is 7.80. The second-order valence-corrected chi connectivity index (χ2v) is 5.50. The molecule has 0 aliphatic carbocycles. The van der Waals surface area contributed by atoms with Gasteiger partial charge in [-0.05, 0) is 19.9 Å². The van der Waals surface area contributed by atoms with E-state index in [4.69, 9.17) is 13.6 Å². The van der Waals surface area contributed by atoms with Crippen LogP contribution in [0, 0.1) is 6.92 Å². The van der Waals surface area contributed by atoms with E-state index in [1.54, 1.807) is 17.4 Å². The molecule has 7 nitrogen and oxygen atoms in total. The number of aromatic nitrogens is 1. The number of carbonyl (C=O) groups excluding carboxylic acids is 1. The number of furan rings is 1. The molecule has 0 N–H and O–H groups in total. The fourth-order valence-electron chi connectivity index (χ4n) is 2.60. The zero-order chi connectivity index (χ0) is 16.2. The van der Waals surface area contributed by atoms with Crippen LogP contribution < -0.4 is 0 Å². The third-order valence-electron chi connectivity index (χ3n) is 3.93. The van der Waals surface area contributed by atoms with Gasteiger partial charge in [0, 0.05) is 32.7 Å². The van der Waals surface area contributed by atoms with Gasteiger partial charge in [0.15, 0.2) is 0 Å². The molecule has 2 aromatic rings. The van der Waals surface area contributed by atoms with E-state index in [1.807, 2.05) is 19.9 Å². The van der Waals surface area contributed by atoms with Crippen LogP contribution in [0.25, 0.3) is 11.5 Å². The summed E-state index contributed by atoms with van der Waals surface area (Å²) in [7, 11) is 0. The Morgan fingerprint density at radius 1 is 1.35 bits per heavy atom. The van der Waals surface area contributed by atoms with Crippen LogP contribution in [0.15, 0.2) is 27.4 Å². The normalized spacial score (nSPS) is 15.8. The van der Waals surface area contributed by atoms with Gasteiger partial charge in [-0.3, -0.25) is 4.90 Å². The van der Waals surface area contributed by atoms with Crippen molar-refractivity contribution < 1.29 is 18.4 Å². The highest BCUT2D eigenvalue weighted by atomic mass is 16.6. The summed E-state index contributed by atoms with van der Waals surface area (Å²) < 4.78 is 15.8. The van der Waals surface area contributed by atoms with Crippen molar-refractivity contribution in [1.29, 1.82) is 0 Å². The van der Waals surface area contributed by atoms with Gasteiger partial charge in [0.1, 0.15) is 12.0 Å². The van der Waals surface area contributed by atoms with Crippen LogP contribution in [-0.2, 0) is 11.3 Å². The van der Waals surface area contributed by atoms with Crippen LogP contribution in [0.3, 0.4) is 0 Å². The molecule has 1 fully saturated rings. The molecule has 0 saturated carbocycles. The highest BCUT2D eigenvalue weighted by molar-refractivity contribution is 5.67. The predicted octanol–water partition coefficient (Wildman–Crippen LogP) is 2.52. The van der Waals surface area contributed by atoms with Gasteiger partial charge in [0.05, 0.1) is 24.1 Å². The Morgan fingerprint density at radius 3 is 2.78 bits per heavy atom. The average Bonchev–Trinajstić information content (AvgIpc) is 3.19. The molecule has 0 radical (unpaired) electrons. The van der Waals surface area contributed by atoms with Crippen LogP contribution in [0.2, 0.25) is 0 Å². The lowest BCUT2D eigenvalue weighted by Crippen LogP contribution is -2.48. The number of hydrogen-bond donors (Lipinski definition) is 0. The SMILES string of the molecule is CCOC(=O)N1CCN(Cc2nc(-c3ccoc3)oc2C)CC1. The van der Waals surface area contributed by atoms with E-state index in [9.17, 15) is 4.79 Å². The van der Waals surface area contributed by atoms with Crippen molar-refractivity contribution in [3.8, 4) is 11.5 Å². The smallest absolute Gasteiger partial charge is 0.409 e. The minimum absolute atomic E-state index is 0.230. The molecule has 0 bridgehead atoms. The minimum atomic E-state index is -0.230. The number of hydrogen-bond acceptors (Lipinski definition) is 6. The third kappa shape index (κ3) is 3.56. The molecule has 3 rings (SSSR count). The van der Waals surface area contributed by atoms with E-state index in [0.29, 0.717) is 32.1 Å². The number of piperazine rings is 1. The second-order valence-electron chi connectivity index (χ2n) is 5.50. The number of nitrogens with zero attached hydrogens (tertiary/aromatic N) is 3. The van der Waals surface area contributed by atoms with Crippen molar-refractivity contribution in [1.82, 2.24) is 14.8 Å². The largest absolute Gasteiger partial charge is 0.472 e. The lowest BCUT2D eigenvalue weighted by molar-refractivity contribution is 0.0774. The lowest BCUT2D eigenvalue weighted by Gasteiger charge is -2.33. The lowest BCUT2D eigenvalue weighted by atomic mass is 10.3. The molecule has 23 heavy (non-hydrogen) atoms. The Bertz CT molecular complexity index is 642. The molecule has 3 heterocycles. The molecule has 124 valence electrons. The van der Waals surface area contributed by atoms with Gasteiger partial charge in [-0.2, -0.15) is 0 Å². The summed E-state index contributed by atoms with van der Waals surface area (Å²) >= 11 is 0. The van der Waals surface area contributed by atoms with Crippen LogP contribution in [0.1, 0.15) is 18.4 Å². The molecule has 7 heteroatoms. The Balaban J connectivity index is 1.58. The minimum Gasteiger partial charge on any atom is -0.472 e. The molecule has 2 aromatic heterocycles. The van der Waals surface area contributed by atoms with Crippen molar-refractivity contribution >= 4 is 6.09 Å². The number of carbonyl (C=O) groups is 1. The Hall–Kier alpha value is -2.28. The third-order valence-corrected chi connectivity index (χ3v) is 3.93. The van der Waals surface area contributed by atoms with Gasteiger partial charge in [0.25, 0.3) is 0 Å². The molecule has 1 amide bonds. The van der Waals surface area contributed by atoms with Crippen molar-refractivity contribution in [2.75, 3.05) is 32.8 Å². The van der Waals surface area contributed by atoms with Crippen molar-refractivity contribution in [2.45, 2.75) is 20.4 Å². The number of aryl methyl sites for hydroxylation is 1. The van der Waals surface area contributed by atoms with Gasteiger partial charge in [0.2, 0.25) is 5.89 Å². The van der Waals surface area contributed by atoms with Gasteiger partial charge in [-0.1, -0.05) is 0 Å². The summed E-state index contributed by atoms with van der Waals surface area (Å²) in [4.78, 5) is 20.3. The Kier molecular flexibility index (Phi) is 4.66. The molecular formula is C16H21N3O4. The van der Waals surface area contributed by atoms with Gasteiger partial charge in [-0.25, -0.2) is 9.78 Å². The maximum absolute atomic E-state index is 11.7. The number of ether oxygens (including phenoxy) is 1. The average molecular weight is 319 g/mol. The second kappa shape index (κ2) is 6.87. The Labute approximate surface area is 134 Å². The van der Waals surface area contributed by atoms with Crippen LogP contribution >= 0.6 is 0 Å². The quantitative estimate of drug-likeness (QED) is 0.862. The molecule has 1 aliphatic heterocycles. The van der Waals surface area contributed by atoms with E-state index in [-0.39, 0.29) is 6.09 Å². The van der Waals surface area contributed by atoms with Crippen molar-refractivity contribution in [3.05, 3.63) is 30.0 Å². The van der Waals surface area contributed by atoms with Crippen molar-refractivity contribution in [2.24, 2.45) is 0 Å². The van der Waals surface area contributed by atoms with Crippen molar-refractivity contribution in [3.63, 3.8) is 0 Å². The summed E-state index contributed by atoms with van der Waals surface area (Å²) in [6.45, 7) is 7.80. The van der Waals surface area contributed by atoms with E-state index in [2.05, 4.69) is 9.88 Å². The van der Waals surface area contributed by atoms with Crippen LogP contribution in [0.4, 0.5) is 4.79 Å². The maximum Gasteiger partial charge on any atom is 0.409 e. The monoisotopic (exact) mass is 319 g/mol. The molecule has 1 aliphatic rings. The molecule has 0 atom stereocenters. The highest BCUT2D eigenvalue weighted by Crippen LogP contribution is 2.23. The van der Waals surface area contributed by atoms with Gasteiger partial charge in [-0.15, -0.1) is 0 Å². The summed E-state index contributed by atoms with van der Waals surface area (Å²) in [5.74, 6) is 1.39. The topological polar surface area (TPSA) is 72.0 Å². The van der Waals surface area contributed by atoms with Gasteiger partial charge < -0.3 is 18.5 Å². The van der Waals surface area contributed by atoms with Crippen LogP contribution in [0.5, 0.6) is 0 Å². The predicted molar refractivity (Wildman–Crippen MR) is 82.8 cm³/mol. The zero-order valence-corrected chi connectivity index (χ0v) is 13.4. The fourth-order valence-corrected chi connectivity index (χ4v) is 2.60. The summed E-state index contributed by atoms with van der Waals surface area (Å²) in [5.41, 5.74) is 1.76. The first-order valence-corrected chi connectivity index (χ1v) is 7.80. The standard InChI is InChI=1S/C16H21N3O4/c1-3-22-16(20)19-7-5-18(6-8-19)10-14-12(2)23-15(17-14)13-4-9-21-11-13/h4,9,11H,3,5-8,10H2,1-2H3. The summed E-state index contributed by atoms with van der Waals surface area (Å²) in [5, 5.41) is 0. The first kappa shape index (κ1) is 15.6. The molecule has 0 unspecified atom stereocenters. The molecule has 0 aromatic carbocycles. The molecule has 0 spiro atoms. The van der Waals surface area contributed by atoms with E-state index >= 15 is 0 Å². The first-order chi connectivity index (χ1) is 11.2. The number of rotatable bonds is 4. The fraction of sp³-hybridized carbons (Fsp3) is 0.500. The Morgan fingerprint density at radius 2 is 2.13 bits per heavy atom. The number of amides is 1. The molecular weight excluding hydrogens is 298 g/mol. The maximum atomic E-state index is 11.7. The van der Waals surface area contributed by atoms with Crippen LogP contribution in [-0.4, -0.2) is 53.7 Å². The highest BCUT2D eigenvalue weighted by Gasteiger charge is 2.23.